The monoisotopic (exact) mass is 526 g/mol. The fraction of sp³-hybridized carbons (Fsp3) is 0.312. The molecule has 2 atom stereocenters. The SMILES string of the molecule is C=C(O/C=C\C)C1C=CC(CNCCC(CC)c2cnc3c(ccn3Cc3ccc(C(=O)NO)cc3)c2)=CC1. The molecule has 204 valence electrons. The minimum Gasteiger partial charge on any atom is -0.470 e. The Morgan fingerprint density at radius 1 is 1.31 bits per heavy atom. The Labute approximate surface area is 230 Å². The van der Waals surface area contributed by atoms with Gasteiger partial charge >= 0.3 is 0 Å². The summed E-state index contributed by atoms with van der Waals surface area (Å²) < 4.78 is 7.63. The molecule has 2 heterocycles. The first kappa shape index (κ1) is 28.1. The molecule has 0 bridgehead atoms. The van der Waals surface area contributed by atoms with Crippen LogP contribution in [-0.2, 0) is 11.3 Å². The van der Waals surface area contributed by atoms with E-state index in [4.69, 9.17) is 14.9 Å². The van der Waals surface area contributed by atoms with Gasteiger partial charge in [-0.3, -0.25) is 10.0 Å². The molecule has 7 nitrogen and oxygen atoms in total. The van der Waals surface area contributed by atoms with E-state index in [1.54, 1.807) is 23.9 Å². The maximum absolute atomic E-state index is 11.5. The third kappa shape index (κ3) is 7.34. The Morgan fingerprint density at radius 2 is 2.13 bits per heavy atom. The van der Waals surface area contributed by atoms with Crippen LogP contribution in [0.3, 0.4) is 0 Å². The van der Waals surface area contributed by atoms with Crippen molar-refractivity contribution in [2.75, 3.05) is 13.1 Å². The van der Waals surface area contributed by atoms with Gasteiger partial charge in [0.15, 0.2) is 0 Å². The van der Waals surface area contributed by atoms with Crippen molar-refractivity contribution in [1.29, 1.82) is 0 Å². The molecule has 0 aliphatic heterocycles. The molecule has 1 aliphatic carbocycles. The van der Waals surface area contributed by atoms with Crippen molar-refractivity contribution in [3.63, 3.8) is 0 Å². The summed E-state index contributed by atoms with van der Waals surface area (Å²) in [5.41, 5.74) is 6.63. The summed E-state index contributed by atoms with van der Waals surface area (Å²) in [6, 6.07) is 11.6. The Bertz CT molecular complexity index is 1370. The zero-order chi connectivity index (χ0) is 27.6. The van der Waals surface area contributed by atoms with E-state index in [0.29, 0.717) is 18.0 Å². The summed E-state index contributed by atoms with van der Waals surface area (Å²) in [5.74, 6) is 0.933. The molecular weight excluding hydrogens is 488 g/mol. The van der Waals surface area contributed by atoms with Crippen LogP contribution in [0.4, 0.5) is 0 Å². The van der Waals surface area contributed by atoms with E-state index in [0.717, 1.165) is 54.7 Å². The van der Waals surface area contributed by atoms with E-state index in [1.807, 2.05) is 31.3 Å². The van der Waals surface area contributed by atoms with Gasteiger partial charge in [-0.15, -0.1) is 0 Å². The topological polar surface area (TPSA) is 88.4 Å². The van der Waals surface area contributed by atoms with Crippen molar-refractivity contribution in [2.24, 2.45) is 5.92 Å². The Hall–Kier alpha value is -3.94. The standard InChI is InChI=1S/C32H38N4O3/c1-4-18-39-23(3)27-10-6-24(7-11-27)20-33-16-14-26(5-2)30-19-29-15-17-36(31(29)34-21-30)22-25-8-12-28(13-9-25)32(37)35-38/h4,6-10,12-13,15,17-19,21,26-27,33,38H,3,5,11,14,16,20,22H2,1-2H3,(H,35,37)/b18-4-. The molecule has 7 heteroatoms. The van der Waals surface area contributed by atoms with E-state index >= 15 is 0 Å². The number of carbonyl (C=O) groups is 1. The third-order valence-electron chi connectivity index (χ3n) is 7.20. The first-order chi connectivity index (χ1) is 19.0. The van der Waals surface area contributed by atoms with Gasteiger partial charge in [-0.1, -0.05) is 49.9 Å². The number of fused-ring (bicyclic) bond motifs is 1. The second-order valence-electron chi connectivity index (χ2n) is 9.87. The average Bonchev–Trinajstić information content (AvgIpc) is 3.38. The van der Waals surface area contributed by atoms with Crippen LogP contribution in [0.1, 0.15) is 60.5 Å². The predicted octanol–water partition coefficient (Wildman–Crippen LogP) is 6.24. The second kappa shape index (κ2) is 13.7. The highest BCUT2D eigenvalue weighted by atomic mass is 16.5. The Balaban J connectivity index is 1.29. The zero-order valence-corrected chi connectivity index (χ0v) is 22.8. The first-order valence-corrected chi connectivity index (χ1v) is 13.5. The number of rotatable bonds is 13. The summed E-state index contributed by atoms with van der Waals surface area (Å²) >= 11 is 0. The number of carbonyl (C=O) groups excluding carboxylic acids is 1. The van der Waals surface area contributed by atoms with Gasteiger partial charge in [0, 0.05) is 42.4 Å². The number of ether oxygens (including phenoxy) is 1. The molecule has 2 unspecified atom stereocenters. The van der Waals surface area contributed by atoms with E-state index < -0.39 is 5.91 Å². The van der Waals surface area contributed by atoms with Gasteiger partial charge in [0.05, 0.1) is 6.26 Å². The van der Waals surface area contributed by atoms with Crippen LogP contribution in [0.25, 0.3) is 11.0 Å². The normalized spacial score (nSPS) is 15.9. The summed E-state index contributed by atoms with van der Waals surface area (Å²) in [7, 11) is 0. The first-order valence-electron chi connectivity index (χ1n) is 13.5. The predicted molar refractivity (Wildman–Crippen MR) is 155 cm³/mol. The number of nitrogens with zero attached hydrogens (tertiary/aromatic N) is 2. The lowest BCUT2D eigenvalue weighted by molar-refractivity contribution is 0.0706. The van der Waals surface area contributed by atoms with Gasteiger partial charge < -0.3 is 14.6 Å². The molecule has 0 radical (unpaired) electrons. The number of hydroxylamine groups is 1. The molecule has 0 spiro atoms. The highest BCUT2D eigenvalue weighted by molar-refractivity contribution is 5.93. The highest BCUT2D eigenvalue weighted by Gasteiger charge is 2.15. The number of hydrogen-bond acceptors (Lipinski definition) is 5. The average molecular weight is 527 g/mol. The van der Waals surface area contributed by atoms with Gasteiger partial charge in [0.1, 0.15) is 11.4 Å². The molecule has 1 amide bonds. The van der Waals surface area contributed by atoms with Gasteiger partial charge in [-0.2, -0.15) is 0 Å². The third-order valence-corrected chi connectivity index (χ3v) is 7.20. The summed E-state index contributed by atoms with van der Waals surface area (Å²) in [6.45, 7) is 10.6. The van der Waals surface area contributed by atoms with Crippen molar-refractivity contribution >= 4 is 16.9 Å². The fourth-order valence-electron chi connectivity index (χ4n) is 4.86. The van der Waals surface area contributed by atoms with Gasteiger partial charge in [0.25, 0.3) is 5.91 Å². The molecule has 0 saturated heterocycles. The number of benzene rings is 1. The number of nitrogens with one attached hydrogen (secondary N) is 2. The lowest BCUT2D eigenvalue weighted by Crippen LogP contribution is -2.21. The molecule has 3 aromatic rings. The number of allylic oxidation sites excluding steroid dienone is 3. The zero-order valence-electron chi connectivity index (χ0n) is 22.8. The lowest BCUT2D eigenvalue weighted by atomic mass is 9.93. The van der Waals surface area contributed by atoms with Crippen molar-refractivity contribution < 1.29 is 14.7 Å². The highest BCUT2D eigenvalue weighted by Crippen LogP contribution is 2.27. The second-order valence-corrected chi connectivity index (χ2v) is 9.87. The maximum Gasteiger partial charge on any atom is 0.274 e. The van der Waals surface area contributed by atoms with Crippen LogP contribution in [0, 0.1) is 5.92 Å². The van der Waals surface area contributed by atoms with Crippen LogP contribution >= 0.6 is 0 Å². The molecular formula is C32H38N4O3. The minimum absolute atomic E-state index is 0.229. The minimum atomic E-state index is -0.516. The number of pyridine rings is 1. The molecule has 0 saturated carbocycles. The number of amides is 1. The lowest BCUT2D eigenvalue weighted by Gasteiger charge is -2.19. The van der Waals surface area contributed by atoms with Crippen molar-refractivity contribution in [3.05, 3.63) is 114 Å². The van der Waals surface area contributed by atoms with Crippen LogP contribution < -0.4 is 10.8 Å². The van der Waals surface area contributed by atoms with Crippen LogP contribution in [0.2, 0.25) is 0 Å². The largest absolute Gasteiger partial charge is 0.470 e. The maximum atomic E-state index is 11.5. The summed E-state index contributed by atoms with van der Waals surface area (Å²) in [6.07, 6.45) is 17.2. The van der Waals surface area contributed by atoms with Gasteiger partial charge in [-0.25, -0.2) is 10.5 Å². The van der Waals surface area contributed by atoms with E-state index in [2.05, 4.69) is 59.9 Å². The van der Waals surface area contributed by atoms with Crippen LogP contribution in [0.15, 0.2) is 97.3 Å². The molecule has 4 rings (SSSR count). The van der Waals surface area contributed by atoms with Crippen LogP contribution in [-0.4, -0.2) is 33.8 Å². The fourth-order valence-corrected chi connectivity index (χ4v) is 4.86. The van der Waals surface area contributed by atoms with Gasteiger partial charge in [-0.05, 0) is 79.6 Å². The smallest absolute Gasteiger partial charge is 0.274 e. The number of aromatic nitrogens is 2. The molecule has 3 N–H and O–H groups in total. The quantitative estimate of drug-likeness (QED) is 0.106. The molecule has 39 heavy (non-hydrogen) atoms. The molecule has 1 aliphatic rings. The summed E-state index contributed by atoms with van der Waals surface area (Å²) in [5, 5.41) is 13.5. The number of hydrogen-bond donors (Lipinski definition) is 3. The van der Waals surface area contributed by atoms with Gasteiger partial charge in [0.2, 0.25) is 0 Å². The molecule has 2 aromatic heterocycles. The molecule has 1 aromatic carbocycles. The summed E-state index contributed by atoms with van der Waals surface area (Å²) in [4.78, 5) is 16.4. The van der Waals surface area contributed by atoms with E-state index in [-0.39, 0.29) is 5.92 Å². The van der Waals surface area contributed by atoms with Crippen molar-refractivity contribution in [3.8, 4) is 0 Å². The Kier molecular flexibility index (Phi) is 9.89. The Morgan fingerprint density at radius 3 is 2.82 bits per heavy atom. The van der Waals surface area contributed by atoms with Crippen LogP contribution in [0.5, 0.6) is 0 Å². The molecule has 0 fully saturated rings. The van der Waals surface area contributed by atoms with Crippen molar-refractivity contribution in [1.82, 2.24) is 20.3 Å². The van der Waals surface area contributed by atoms with Crippen molar-refractivity contribution in [2.45, 2.75) is 45.6 Å². The van der Waals surface area contributed by atoms with E-state index in [1.165, 1.54) is 11.1 Å². The van der Waals surface area contributed by atoms with E-state index in [9.17, 15) is 4.79 Å².